The number of rotatable bonds is 8. The van der Waals surface area contributed by atoms with Crippen molar-refractivity contribution in [3.63, 3.8) is 0 Å². The van der Waals surface area contributed by atoms with Crippen molar-refractivity contribution in [2.45, 2.75) is 25.5 Å². The maximum atomic E-state index is 13.7. The summed E-state index contributed by atoms with van der Waals surface area (Å²) in [6.45, 7) is -0.206. The number of nitrogens with zero attached hydrogens (tertiary/aromatic N) is 2. The van der Waals surface area contributed by atoms with Crippen LogP contribution in [-0.2, 0) is 22.6 Å². The van der Waals surface area contributed by atoms with Gasteiger partial charge in [0.15, 0.2) is 0 Å². The van der Waals surface area contributed by atoms with E-state index in [9.17, 15) is 19.2 Å². The highest BCUT2D eigenvalue weighted by Gasteiger charge is 2.33. The van der Waals surface area contributed by atoms with Crippen molar-refractivity contribution in [1.29, 1.82) is 10.5 Å². The standard InChI is InChI=1S/C29H23FN4O4/c1-37-23-9-5-18(6-10-23)8-12-25-26(28(35)38-17-20-7-11-24(30)22(14-20)16-32)27(34-29(36)33-25)21-4-2-3-19(13-21)15-31/h2-7,9-11,13-14,27H,8,12,17H2,1H3,(H2,33,34,36). The van der Waals surface area contributed by atoms with Gasteiger partial charge in [-0.05, 0) is 65.9 Å². The van der Waals surface area contributed by atoms with Gasteiger partial charge in [0.1, 0.15) is 24.2 Å². The number of hydrogen-bond acceptors (Lipinski definition) is 6. The second-order valence-corrected chi connectivity index (χ2v) is 8.51. The van der Waals surface area contributed by atoms with Crippen molar-refractivity contribution in [1.82, 2.24) is 10.6 Å². The summed E-state index contributed by atoms with van der Waals surface area (Å²) in [5, 5.41) is 23.9. The van der Waals surface area contributed by atoms with E-state index in [-0.39, 0.29) is 17.7 Å². The first kappa shape index (κ1) is 25.9. The van der Waals surface area contributed by atoms with Gasteiger partial charge in [0, 0.05) is 5.70 Å². The first-order chi connectivity index (χ1) is 18.4. The Kier molecular flexibility index (Phi) is 8.00. The topological polar surface area (TPSA) is 124 Å². The molecule has 0 fully saturated rings. The molecular weight excluding hydrogens is 487 g/mol. The Labute approximate surface area is 218 Å². The summed E-state index contributed by atoms with van der Waals surface area (Å²) in [6.07, 6.45) is 0.846. The van der Waals surface area contributed by atoms with Crippen LogP contribution in [0.2, 0.25) is 0 Å². The molecular formula is C29H23FN4O4. The summed E-state index contributed by atoms with van der Waals surface area (Å²) in [5.41, 5.74) is 2.74. The SMILES string of the molecule is COc1ccc(CCC2=C(C(=O)OCc3ccc(F)c(C#N)c3)C(c3cccc(C#N)c3)NC(=O)N2)cc1. The first-order valence-electron chi connectivity index (χ1n) is 11.7. The lowest BCUT2D eigenvalue weighted by Gasteiger charge is -2.29. The quantitative estimate of drug-likeness (QED) is 0.428. The van der Waals surface area contributed by atoms with Gasteiger partial charge in [-0.25, -0.2) is 14.0 Å². The number of ether oxygens (including phenoxy) is 2. The molecule has 8 nitrogen and oxygen atoms in total. The number of halogens is 1. The van der Waals surface area contributed by atoms with Crippen LogP contribution in [0.15, 0.2) is 78.0 Å². The molecule has 190 valence electrons. The van der Waals surface area contributed by atoms with Crippen LogP contribution in [0, 0.1) is 28.5 Å². The van der Waals surface area contributed by atoms with Crippen molar-refractivity contribution in [2.24, 2.45) is 0 Å². The Bertz CT molecular complexity index is 1490. The van der Waals surface area contributed by atoms with Crippen LogP contribution < -0.4 is 15.4 Å². The molecule has 38 heavy (non-hydrogen) atoms. The van der Waals surface area contributed by atoms with E-state index in [1.807, 2.05) is 24.3 Å². The summed E-state index contributed by atoms with van der Waals surface area (Å²) in [5.74, 6) is -0.648. The van der Waals surface area contributed by atoms with Crippen LogP contribution in [0.3, 0.4) is 0 Å². The molecule has 0 bridgehead atoms. The molecule has 0 saturated carbocycles. The number of amides is 2. The molecule has 4 rings (SSSR count). The lowest BCUT2D eigenvalue weighted by atomic mass is 9.92. The summed E-state index contributed by atoms with van der Waals surface area (Å²) < 4.78 is 24.5. The third-order valence-corrected chi connectivity index (χ3v) is 6.07. The highest BCUT2D eigenvalue weighted by Crippen LogP contribution is 2.30. The van der Waals surface area contributed by atoms with Gasteiger partial charge in [-0.15, -0.1) is 0 Å². The van der Waals surface area contributed by atoms with E-state index < -0.39 is 23.9 Å². The number of carbonyl (C=O) groups excluding carboxylic acids is 2. The van der Waals surface area contributed by atoms with Gasteiger partial charge >= 0.3 is 12.0 Å². The number of benzene rings is 3. The highest BCUT2D eigenvalue weighted by molar-refractivity contribution is 5.95. The number of urea groups is 1. The molecule has 0 saturated heterocycles. The minimum absolute atomic E-state index is 0.157. The third-order valence-electron chi connectivity index (χ3n) is 6.07. The number of allylic oxidation sites excluding steroid dienone is 1. The van der Waals surface area contributed by atoms with Crippen LogP contribution in [0.25, 0.3) is 0 Å². The van der Waals surface area contributed by atoms with Crippen molar-refractivity contribution in [2.75, 3.05) is 7.11 Å². The maximum Gasteiger partial charge on any atom is 0.338 e. The van der Waals surface area contributed by atoms with Gasteiger partial charge in [0.2, 0.25) is 0 Å². The summed E-state index contributed by atoms with van der Waals surface area (Å²) >= 11 is 0. The molecule has 3 aromatic carbocycles. The molecule has 1 aliphatic rings. The van der Waals surface area contributed by atoms with E-state index >= 15 is 0 Å². The molecule has 2 N–H and O–H groups in total. The van der Waals surface area contributed by atoms with Gasteiger partial charge in [-0.3, -0.25) is 0 Å². The van der Waals surface area contributed by atoms with Crippen LogP contribution in [0.1, 0.15) is 40.3 Å². The number of esters is 1. The molecule has 0 aliphatic carbocycles. The van der Waals surface area contributed by atoms with Gasteiger partial charge < -0.3 is 20.1 Å². The van der Waals surface area contributed by atoms with Crippen molar-refractivity contribution < 1.29 is 23.5 Å². The van der Waals surface area contributed by atoms with E-state index in [4.69, 9.17) is 14.7 Å². The minimum Gasteiger partial charge on any atom is -0.497 e. The average molecular weight is 511 g/mol. The molecule has 0 spiro atoms. The van der Waals surface area contributed by atoms with Gasteiger partial charge in [-0.1, -0.05) is 30.3 Å². The third kappa shape index (κ3) is 5.97. The second-order valence-electron chi connectivity index (χ2n) is 8.51. The normalized spacial score (nSPS) is 14.5. The lowest BCUT2D eigenvalue weighted by molar-refractivity contribution is -0.140. The Morgan fingerprint density at radius 1 is 1.00 bits per heavy atom. The van der Waals surface area contributed by atoms with E-state index in [1.165, 1.54) is 12.1 Å². The molecule has 3 aromatic rings. The molecule has 2 amide bonds. The molecule has 1 aliphatic heterocycles. The zero-order chi connectivity index (χ0) is 27.1. The fourth-order valence-electron chi connectivity index (χ4n) is 4.13. The second kappa shape index (κ2) is 11.7. The highest BCUT2D eigenvalue weighted by atomic mass is 19.1. The molecule has 1 unspecified atom stereocenters. The van der Waals surface area contributed by atoms with Crippen LogP contribution in [0.5, 0.6) is 5.75 Å². The first-order valence-corrected chi connectivity index (χ1v) is 11.7. The fraction of sp³-hybridized carbons (Fsp3) is 0.172. The number of hydrogen-bond donors (Lipinski definition) is 2. The van der Waals surface area contributed by atoms with Crippen LogP contribution in [-0.4, -0.2) is 19.1 Å². The Morgan fingerprint density at radius 3 is 2.47 bits per heavy atom. The van der Waals surface area contributed by atoms with E-state index in [0.29, 0.717) is 41.0 Å². The van der Waals surface area contributed by atoms with E-state index in [2.05, 4.69) is 16.7 Å². The predicted octanol–water partition coefficient (Wildman–Crippen LogP) is 4.56. The van der Waals surface area contributed by atoms with Crippen LogP contribution in [0.4, 0.5) is 9.18 Å². The smallest absolute Gasteiger partial charge is 0.338 e. The Hall–Kier alpha value is -5.15. The minimum atomic E-state index is -0.863. The molecule has 1 heterocycles. The van der Waals surface area contributed by atoms with Crippen molar-refractivity contribution >= 4 is 12.0 Å². The van der Waals surface area contributed by atoms with Gasteiger partial charge in [-0.2, -0.15) is 10.5 Å². The van der Waals surface area contributed by atoms with Crippen molar-refractivity contribution in [3.05, 3.63) is 112 Å². The number of methoxy groups -OCH3 is 1. The number of nitriles is 2. The Morgan fingerprint density at radius 2 is 1.76 bits per heavy atom. The summed E-state index contributed by atoms with van der Waals surface area (Å²) in [7, 11) is 1.58. The molecule has 1 atom stereocenters. The van der Waals surface area contributed by atoms with E-state index in [1.54, 1.807) is 37.4 Å². The predicted molar refractivity (Wildman–Crippen MR) is 135 cm³/mol. The zero-order valence-corrected chi connectivity index (χ0v) is 20.5. The molecule has 0 radical (unpaired) electrons. The van der Waals surface area contributed by atoms with E-state index in [0.717, 1.165) is 11.6 Å². The maximum absolute atomic E-state index is 13.7. The van der Waals surface area contributed by atoms with Crippen LogP contribution >= 0.6 is 0 Å². The lowest BCUT2D eigenvalue weighted by Crippen LogP contribution is -2.46. The fourth-order valence-corrected chi connectivity index (χ4v) is 4.13. The molecule has 9 heteroatoms. The number of aryl methyl sites for hydroxylation is 1. The largest absolute Gasteiger partial charge is 0.497 e. The number of carbonyl (C=O) groups is 2. The summed E-state index contributed by atoms with van der Waals surface area (Å²) in [6, 6.07) is 20.4. The Balaban J connectivity index is 1.66. The van der Waals surface area contributed by atoms with Gasteiger partial charge in [0.25, 0.3) is 0 Å². The monoisotopic (exact) mass is 510 g/mol. The van der Waals surface area contributed by atoms with Crippen molar-refractivity contribution in [3.8, 4) is 17.9 Å². The zero-order valence-electron chi connectivity index (χ0n) is 20.5. The average Bonchev–Trinajstić information content (AvgIpc) is 2.95. The molecule has 0 aromatic heterocycles. The van der Waals surface area contributed by atoms with Gasteiger partial charge in [0.05, 0.1) is 35.9 Å². The summed E-state index contributed by atoms with van der Waals surface area (Å²) in [4.78, 5) is 26.1. The number of nitrogens with one attached hydrogen (secondary N) is 2.